The number of nitrogens with zero attached hydrogens (tertiary/aromatic N) is 2. The first-order valence-electron chi connectivity index (χ1n) is 9.54. The minimum absolute atomic E-state index is 0.0309. The predicted molar refractivity (Wildman–Crippen MR) is 105 cm³/mol. The molecule has 0 bridgehead atoms. The molecular weight excluding hydrogens is 338 g/mol. The number of rotatable bonds is 4. The van der Waals surface area contributed by atoms with Crippen LogP contribution < -0.4 is 5.73 Å². The van der Waals surface area contributed by atoms with E-state index in [1.807, 2.05) is 41.3 Å². The van der Waals surface area contributed by atoms with E-state index >= 15 is 0 Å². The van der Waals surface area contributed by atoms with Gasteiger partial charge in [0.25, 0.3) is 5.91 Å². The van der Waals surface area contributed by atoms with Crippen LogP contribution in [-0.4, -0.2) is 42.3 Å². The molecule has 2 aliphatic rings. The maximum Gasteiger partial charge on any atom is 0.266 e. The third kappa shape index (κ3) is 3.47. The summed E-state index contributed by atoms with van der Waals surface area (Å²) in [4.78, 5) is 20.3. The molecule has 2 aromatic carbocycles. The number of benzene rings is 2. The summed E-state index contributed by atoms with van der Waals surface area (Å²) >= 11 is 0. The molecule has 1 atom stereocenters. The molecule has 0 spiro atoms. The van der Waals surface area contributed by atoms with Crippen LogP contribution in [0.1, 0.15) is 30.4 Å². The summed E-state index contributed by atoms with van der Waals surface area (Å²) in [5.41, 5.74) is 9.23. The van der Waals surface area contributed by atoms with E-state index < -0.39 is 6.10 Å². The molecule has 5 nitrogen and oxygen atoms in total. The fourth-order valence-electron chi connectivity index (χ4n) is 4.07. The Labute approximate surface area is 159 Å². The fourth-order valence-corrected chi connectivity index (χ4v) is 4.07. The highest BCUT2D eigenvalue weighted by Crippen LogP contribution is 2.35. The van der Waals surface area contributed by atoms with Gasteiger partial charge < -0.3 is 15.5 Å². The first-order chi connectivity index (χ1) is 13.2. The van der Waals surface area contributed by atoms with Crippen LogP contribution in [0.25, 0.3) is 0 Å². The minimum Gasteiger partial charge on any atom is -0.382 e. The average molecular weight is 363 g/mol. The van der Waals surface area contributed by atoms with Gasteiger partial charge in [-0.2, -0.15) is 0 Å². The first-order valence-corrected chi connectivity index (χ1v) is 9.54. The molecule has 0 aliphatic carbocycles. The van der Waals surface area contributed by atoms with Gasteiger partial charge in [0.1, 0.15) is 0 Å². The van der Waals surface area contributed by atoms with Gasteiger partial charge in [-0.3, -0.25) is 4.79 Å². The van der Waals surface area contributed by atoms with Crippen LogP contribution >= 0.6 is 0 Å². The summed E-state index contributed by atoms with van der Waals surface area (Å²) in [6.45, 7) is 2.00. The van der Waals surface area contributed by atoms with Crippen molar-refractivity contribution < 1.29 is 9.63 Å². The van der Waals surface area contributed by atoms with Gasteiger partial charge in [0.2, 0.25) is 6.10 Å². The van der Waals surface area contributed by atoms with Crippen molar-refractivity contribution in [1.29, 1.82) is 0 Å². The summed E-state index contributed by atoms with van der Waals surface area (Å²) in [7, 11) is 0. The van der Waals surface area contributed by atoms with Crippen LogP contribution in [0.2, 0.25) is 0 Å². The fraction of sp³-hybridized carbons (Fsp3) is 0.364. The molecule has 5 heteroatoms. The summed E-state index contributed by atoms with van der Waals surface area (Å²) in [6.07, 6.45) is 1.76. The highest BCUT2D eigenvalue weighted by molar-refractivity contribution is 6.04. The van der Waals surface area contributed by atoms with Crippen LogP contribution in [0.5, 0.6) is 0 Å². The van der Waals surface area contributed by atoms with Gasteiger partial charge in [0.05, 0.1) is 5.71 Å². The van der Waals surface area contributed by atoms with Crippen LogP contribution in [0, 0.1) is 0 Å². The Morgan fingerprint density at radius 1 is 1.07 bits per heavy atom. The van der Waals surface area contributed by atoms with Crippen LogP contribution in [0.4, 0.5) is 0 Å². The van der Waals surface area contributed by atoms with Crippen LogP contribution in [-0.2, 0) is 15.0 Å². The summed E-state index contributed by atoms with van der Waals surface area (Å²) in [5.74, 6) is 0.0309. The van der Waals surface area contributed by atoms with E-state index in [4.69, 9.17) is 10.6 Å². The smallest absolute Gasteiger partial charge is 0.266 e. The summed E-state index contributed by atoms with van der Waals surface area (Å²) in [5, 5.41) is 4.14. The van der Waals surface area contributed by atoms with Crippen LogP contribution in [0.15, 0.2) is 65.8 Å². The molecule has 2 N–H and O–H groups in total. The lowest BCUT2D eigenvalue weighted by Gasteiger charge is -2.42. The van der Waals surface area contributed by atoms with Crippen molar-refractivity contribution >= 4 is 11.6 Å². The summed E-state index contributed by atoms with van der Waals surface area (Å²) < 4.78 is 0. The molecule has 0 aromatic heterocycles. The number of carbonyl (C=O) groups is 1. The average Bonchev–Trinajstić information content (AvgIpc) is 3.25. The van der Waals surface area contributed by atoms with Gasteiger partial charge in [-0.05, 0) is 24.0 Å². The zero-order valence-corrected chi connectivity index (χ0v) is 15.4. The molecule has 27 heavy (non-hydrogen) atoms. The number of likely N-dealkylation sites (tertiary alicyclic amines) is 1. The number of amides is 1. The maximum atomic E-state index is 12.9. The van der Waals surface area contributed by atoms with Crippen molar-refractivity contribution in [3.8, 4) is 0 Å². The SMILES string of the molecule is NCC1(c2ccccc2)CCN(C(=O)C2CC(c3ccccc3)=NO2)CC1. The van der Waals surface area contributed by atoms with E-state index in [2.05, 4.69) is 29.4 Å². The van der Waals surface area contributed by atoms with E-state index in [0.29, 0.717) is 26.1 Å². The van der Waals surface area contributed by atoms with Gasteiger partial charge in [0, 0.05) is 31.5 Å². The van der Waals surface area contributed by atoms with Gasteiger partial charge in [0.15, 0.2) is 0 Å². The second-order valence-electron chi connectivity index (χ2n) is 7.38. The number of piperidine rings is 1. The highest BCUT2D eigenvalue weighted by Gasteiger charge is 2.39. The largest absolute Gasteiger partial charge is 0.382 e. The number of nitrogens with two attached hydrogens (primary N) is 1. The third-order valence-electron chi connectivity index (χ3n) is 5.86. The van der Waals surface area contributed by atoms with Gasteiger partial charge in [-0.25, -0.2) is 0 Å². The lowest BCUT2D eigenvalue weighted by molar-refractivity contribution is -0.143. The lowest BCUT2D eigenvalue weighted by Crippen LogP contribution is -2.50. The van der Waals surface area contributed by atoms with Crippen molar-refractivity contribution in [1.82, 2.24) is 4.90 Å². The predicted octanol–water partition coefficient (Wildman–Crippen LogP) is 2.70. The molecule has 4 rings (SSSR count). The molecule has 1 fully saturated rings. The van der Waals surface area contributed by atoms with E-state index in [1.54, 1.807) is 0 Å². The Morgan fingerprint density at radius 2 is 1.70 bits per heavy atom. The van der Waals surface area contributed by atoms with Crippen molar-refractivity contribution in [2.75, 3.05) is 19.6 Å². The Bertz CT molecular complexity index is 812. The van der Waals surface area contributed by atoms with E-state index in [-0.39, 0.29) is 11.3 Å². The van der Waals surface area contributed by atoms with E-state index in [0.717, 1.165) is 24.1 Å². The first kappa shape index (κ1) is 17.7. The Morgan fingerprint density at radius 3 is 2.33 bits per heavy atom. The number of hydrogen-bond acceptors (Lipinski definition) is 4. The van der Waals surface area contributed by atoms with Crippen molar-refractivity contribution in [3.05, 3.63) is 71.8 Å². The Hall–Kier alpha value is -2.66. The molecule has 0 saturated carbocycles. The number of carbonyl (C=O) groups excluding carboxylic acids is 1. The highest BCUT2D eigenvalue weighted by atomic mass is 16.6. The molecule has 140 valence electrons. The topological polar surface area (TPSA) is 67.9 Å². The molecule has 1 saturated heterocycles. The Balaban J connectivity index is 1.38. The zero-order valence-electron chi connectivity index (χ0n) is 15.4. The monoisotopic (exact) mass is 363 g/mol. The molecule has 1 amide bonds. The molecule has 2 aromatic rings. The quantitative estimate of drug-likeness (QED) is 0.908. The van der Waals surface area contributed by atoms with Gasteiger partial charge in [-0.1, -0.05) is 65.8 Å². The molecule has 2 heterocycles. The van der Waals surface area contributed by atoms with Crippen molar-refractivity contribution in [2.24, 2.45) is 10.9 Å². The Kier molecular flexibility index (Phi) is 4.94. The number of hydrogen-bond donors (Lipinski definition) is 1. The normalized spacial score (nSPS) is 21.4. The van der Waals surface area contributed by atoms with Crippen molar-refractivity contribution in [2.45, 2.75) is 30.8 Å². The molecule has 2 aliphatic heterocycles. The molecule has 0 radical (unpaired) electrons. The minimum atomic E-state index is -0.512. The van der Waals surface area contributed by atoms with Gasteiger partial charge >= 0.3 is 0 Å². The second kappa shape index (κ2) is 7.53. The molecule has 1 unspecified atom stereocenters. The van der Waals surface area contributed by atoms with Crippen molar-refractivity contribution in [3.63, 3.8) is 0 Å². The third-order valence-corrected chi connectivity index (χ3v) is 5.86. The van der Waals surface area contributed by atoms with Crippen LogP contribution in [0.3, 0.4) is 0 Å². The zero-order chi connectivity index (χ0) is 18.7. The van der Waals surface area contributed by atoms with E-state index in [9.17, 15) is 4.79 Å². The molecular formula is C22H25N3O2. The maximum absolute atomic E-state index is 12.9. The number of oxime groups is 1. The van der Waals surface area contributed by atoms with Gasteiger partial charge in [-0.15, -0.1) is 0 Å². The standard InChI is InChI=1S/C22H25N3O2/c23-16-22(18-9-5-2-6-10-18)11-13-25(14-12-22)21(26)20-15-19(24-27-20)17-7-3-1-4-8-17/h1-10,20H,11-16,23H2. The lowest BCUT2D eigenvalue weighted by atomic mass is 9.73. The summed E-state index contributed by atoms with van der Waals surface area (Å²) in [6, 6.07) is 20.3. The second-order valence-corrected chi connectivity index (χ2v) is 7.38. The van der Waals surface area contributed by atoms with E-state index in [1.165, 1.54) is 5.56 Å².